The van der Waals surface area contributed by atoms with Crippen LogP contribution in [0.1, 0.15) is 11.1 Å². The van der Waals surface area contributed by atoms with Crippen LogP contribution in [0, 0.1) is 11.3 Å². The van der Waals surface area contributed by atoms with Gasteiger partial charge >= 0.3 is 0 Å². The Labute approximate surface area is 120 Å². The molecule has 0 aromatic heterocycles. The maximum Gasteiger partial charge on any atom is 0.115 e. The molecule has 0 saturated carbocycles. The number of nitrogens with one attached hydrogen (secondary N) is 1. The summed E-state index contributed by atoms with van der Waals surface area (Å²) >= 11 is 3.36. The number of nitriles is 1. The lowest BCUT2D eigenvalue weighted by Crippen LogP contribution is -2.04. The minimum atomic E-state index is 0.285. The summed E-state index contributed by atoms with van der Waals surface area (Å²) in [6, 6.07) is 14.9. The zero-order valence-corrected chi connectivity index (χ0v) is 11.8. The van der Waals surface area contributed by atoms with Crippen molar-refractivity contribution in [2.45, 2.75) is 6.42 Å². The molecule has 96 valence electrons. The van der Waals surface area contributed by atoms with Crippen LogP contribution in [0.5, 0.6) is 5.75 Å². The summed E-state index contributed by atoms with van der Waals surface area (Å²) in [5, 5.41) is 21.3. The van der Waals surface area contributed by atoms with Crippen LogP contribution in [0.4, 0.5) is 5.69 Å². The van der Waals surface area contributed by atoms with Crippen molar-refractivity contribution < 1.29 is 5.11 Å². The van der Waals surface area contributed by atoms with Gasteiger partial charge in [0, 0.05) is 16.7 Å². The number of rotatable bonds is 4. The third-order valence-corrected chi connectivity index (χ3v) is 3.42. The van der Waals surface area contributed by atoms with Gasteiger partial charge < -0.3 is 10.4 Å². The van der Waals surface area contributed by atoms with Crippen molar-refractivity contribution >= 4 is 21.6 Å². The summed E-state index contributed by atoms with van der Waals surface area (Å²) in [6.07, 6.45) is 0.873. The van der Waals surface area contributed by atoms with Gasteiger partial charge in [0.1, 0.15) is 11.8 Å². The molecule has 0 radical (unpaired) electrons. The number of phenols is 1. The highest BCUT2D eigenvalue weighted by molar-refractivity contribution is 9.10. The van der Waals surface area contributed by atoms with Crippen molar-refractivity contribution in [3.8, 4) is 11.8 Å². The zero-order chi connectivity index (χ0) is 13.7. The van der Waals surface area contributed by atoms with Crippen molar-refractivity contribution in [2.75, 3.05) is 11.9 Å². The Bertz CT molecular complexity index is 603. The second-order valence-corrected chi connectivity index (χ2v) is 5.00. The molecule has 2 aromatic rings. The van der Waals surface area contributed by atoms with E-state index in [1.165, 1.54) is 0 Å². The minimum Gasteiger partial charge on any atom is -0.508 e. The molecule has 0 fully saturated rings. The maximum absolute atomic E-state index is 9.19. The summed E-state index contributed by atoms with van der Waals surface area (Å²) in [5.74, 6) is 0.285. The largest absolute Gasteiger partial charge is 0.508 e. The van der Waals surface area contributed by atoms with Crippen LogP contribution < -0.4 is 5.32 Å². The molecule has 2 rings (SSSR count). The van der Waals surface area contributed by atoms with Gasteiger partial charge in [-0.05, 0) is 58.2 Å². The number of phenolic OH excluding ortho intramolecular Hbond substituents is 1. The predicted octanol–water partition coefficient (Wildman–Crippen LogP) is 3.68. The van der Waals surface area contributed by atoms with Gasteiger partial charge in [0.25, 0.3) is 0 Å². The molecular weight excluding hydrogens is 304 g/mol. The lowest BCUT2D eigenvalue weighted by atomic mass is 10.1. The van der Waals surface area contributed by atoms with Crippen molar-refractivity contribution in [3.63, 3.8) is 0 Å². The molecule has 0 aliphatic rings. The first-order valence-electron chi connectivity index (χ1n) is 5.90. The highest BCUT2D eigenvalue weighted by Crippen LogP contribution is 2.20. The van der Waals surface area contributed by atoms with E-state index in [2.05, 4.69) is 27.3 Å². The molecule has 0 aliphatic heterocycles. The van der Waals surface area contributed by atoms with Gasteiger partial charge in [-0.1, -0.05) is 12.1 Å². The Kier molecular flexibility index (Phi) is 4.43. The standard InChI is InChI=1S/C15H13BrN2O/c16-15-9-13(4-3-12(15)10-17)18-8-7-11-1-5-14(19)6-2-11/h1-6,9,18-19H,7-8H2. The molecule has 0 aliphatic carbocycles. The first kappa shape index (κ1) is 13.4. The smallest absolute Gasteiger partial charge is 0.115 e. The summed E-state index contributed by atoms with van der Waals surface area (Å²) in [5.41, 5.74) is 2.77. The number of anilines is 1. The van der Waals surface area contributed by atoms with E-state index in [0.29, 0.717) is 5.56 Å². The monoisotopic (exact) mass is 316 g/mol. The van der Waals surface area contributed by atoms with Gasteiger partial charge in [-0.3, -0.25) is 0 Å². The average molecular weight is 317 g/mol. The lowest BCUT2D eigenvalue weighted by molar-refractivity contribution is 0.475. The van der Waals surface area contributed by atoms with E-state index in [0.717, 1.165) is 28.7 Å². The third kappa shape index (κ3) is 3.73. The normalized spacial score (nSPS) is 9.89. The van der Waals surface area contributed by atoms with Crippen LogP contribution in [0.15, 0.2) is 46.9 Å². The van der Waals surface area contributed by atoms with E-state index in [-0.39, 0.29) is 5.75 Å². The van der Waals surface area contributed by atoms with Crippen molar-refractivity contribution in [1.29, 1.82) is 5.26 Å². The van der Waals surface area contributed by atoms with Crippen molar-refractivity contribution in [1.82, 2.24) is 0 Å². The zero-order valence-electron chi connectivity index (χ0n) is 10.2. The number of nitrogens with zero attached hydrogens (tertiary/aromatic N) is 1. The summed E-state index contributed by atoms with van der Waals surface area (Å²) in [4.78, 5) is 0. The third-order valence-electron chi connectivity index (χ3n) is 2.77. The van der Waals surface area contributed by atoms with E-state index in [4.69, 9.17) is 5.26 Å². The number of halogens is 1. The van der Waals surface area contributed by atoms with Gasteiger partial charge in [-0.15, -0.1) is 0 Å². The first-order chi connectivity index (χ1) is 9.19. The van der Waals surface area contributed by atoms with Crippen LogP contribution >= 0.6 is 15.9 Å². The predicted molar refractivity (Wildman–Crippen MR) is 79.2 cm³/mol. The summed E-state index contributed by atoms with van der Waals surface area (Å²) in [7, 11) is 0. The SMILES string of the molecule is N#Cc1ccc(NCCc2ccc(O)cc2)cc1Br. The number of hydrogen-bond donors (Lipinski definition) is 2. The van der Waals surface area contributed by atoms with Crippen LogP contribution in [-0.2, 0) is 6.42 Å². The maximum atomic E-state index is 9.19. The second kappa shape index (κ2) is 6.26. The Morgan fingerprint density at radius 2 is 1.89 bits per heavy atom. The fraction of sp³-hybridized carbons (Fsp3) is 0.133. The average Bonchev–Trinajstić information content (AvgIpc) is 2.41. The molecule has 4 heteroatoms. The molecule has 2 aromatic carbocycles. The van der Waals surface area contributed by atoms with E-state index < -0.39 is 0 Å². The van der Waals surface area contributed by atoms with E-state index in [9.17, 15) is 5.11 Å². The number of aromatic hydroxyl groups is 1. The van der Waals surface area contributed by atoms with Gasteiger partial charge in [0.15, 0.2) is 0 Å². The molecular formula is C15H13BrN2O. The Balaban J connectivity index is 1.91. The molecule has 0 unspecified atom stereocenters. The highest BCUT2D eigenvalue weighted by Gasteiger charge is 2.00. The molecule has 3 nitrogen and oxygen atoms in total. The van der Waals surface area contributed by atoms with Gasteiger partial charge in [-0.2, -0.15) is 5.26 Å². The molecule has 0 atom stereocenters. The lowest BCUT2D eigenvalue weighted by Gasteiger charge is -2.07. The first-order valence-corrected chi connectivity index (χ1v) is 6.70. The number of hydrogen-bond acceptors (Lipinski definition) is 3. The quantitative estimate of drug-likeness (QED) is 0.904. The fourth-order valence-electron chi connectivity index (χ4n) is 1.73. The van der Waals surface area contributed by atoms with Crippen LogP contribution in [-0.4, -0.2) is 11.7 Å². The number of benzene rings is 2. The highest BCUT2D eigenvalue weighted by atomic mass is 79.9. The second-order valence-electron chi connectivity index (χ2n) is 4.15. The van der Waals surface area contributed by atoms with Crippen LogP contribution in [0.25, 0.3) is 0 Å². The van der Waals surface area contributed by atoms with Crippen LogP contribution in [0.3, 0.4) is 0 Å². The molecule has 19 heavy (non-hydrogen) atoms. The molecule has 0 saturated heterocycles. The molecule has 0 heterocycles. The van der Waals surface area contributed by atoms with Gasteiger partial charge in [-0.25, -0.2) is 0 Å². The fourth-order valence-corrected chi connectivity index (χ4v) is 2.20. The van der Waals surface area contributed by atoms with E-state index in [1.54, 1.807) is 18.2 Å². The Morgan fingerprint density at radius 1 is 1.16 bits per heavy atom. The van der Waals surface area contributed by atoms with Gasteiger partial charge in [0.2, 0.25) is 0 Å². The molecule has 0 amide bonds. The minimum absolute atomic E-state index is 0.285. The Hall–Kier alpha value is -1.99. The summed E-state index contributed by atoms with van der Waals surface area (Å²) in [6.45, 7) is 0.795. The Morgan fingerprint density at radius 3 is 2.53 bits per heavy atom. The van der Waals surface area contributed by atoms with E-state index >= 15 is 0 Å². The van der Waals surface area contributed by atoms with Gasteiger partial charge in [0.05, 0.1) is 5.56 Å². The molecule has 2 N–H and O–H groups in total. The van der Waals surface area contributed by atoms with E-state index in [1.807, 2.05) is 24.3 Å². The van der Waals surface area contributed by atoms with Crippen molar-refractivity contribution in [3.05, 3.63) is 58.1 Å². The summed E-state index contributed by atoms with van der Waals surface area (Å²) < 4.78 is 0.796. The molecule has 0 bridgehead atoms. The topological polar surface area (TPSA) is 56.0 Å². The van der Waals surface area contributed by atoms with Crippen LogP contribution in [0.2, 0.25) is 0 Å². The van der Waals surface area contributed by atoms with Crippen molar-refractivity contribution in [2.24, 2.45) is 0 Å². The molecule has 0 spiro atoms.